The van der Waals surface area contributed by atoms with Crippen molar-refractivity contribution in [3.05, 3.63) is 39.4 Å². The molecule has 1 atom stereocenters. The molecule has 0 aliphatic carbocycles. The number of carbonyl (C=O) groups is 1. The van der Waals surface area contributed by atoms with E-state index in [9.17, 15) is 23.7 Å². The van der Waals surface area contributed by atoms with Gasteiger partial charge in [-0.05, 0) is 18.9 Å². The number of carbonyl (C=O) groups excluding carboxylic acids is 1. The van der Waals surface area contributed by atoms with Gasteiger partial charge in [0.05, 0.1) is 4.92 Å². The summed E-state index contributed by atoms with van der Waals surface area (Å²) in [7, 11) is 0. The van der Waals surface area contributed by atoms with E-state index in [-0.39, 0.29) is 5.92 Å². The van der Waals surface area contributed by atoms with Crippen molar-refractivity contribution in [2.24, 2.45) is 5.92 Å². The van der Waals surface area contributed by atoms with Gasteiger partial charge in [0.2, 0.25) is 5.82 Å². The van der Waals surface area contributed by atoms with Crippen LogP contribution in [0.25, 0.3) is 0 Å². The van der Waals surface area contributed by atoms with E-state index in [1.807, 2.05) is 0 Å². The average Bonchev–Trinajstić information content (AvgIpc) is 2.27. The zero-order chi connectivity index (χ0) is 14.7. The first-order chi connectivity index (χ1) is 8.75. The van der Waals surface area contributed by atoms with E-state index >= 15 is 0 Å². The lowest BCUT2D eigenvalue weighted by Crippen LogP contribution is -2.22. The molecular formula is C12H13F2NO4. The summed E-state index contributed by atoms with van der Waals surface area (Å²) in [6.07, 6.45) is -0.564. The molecule has 104 valence electrons. The Morgan fingerprint density at radius 1 is 1.32 bits per heavy atom. The predicted octanol–water partition coefficient (Wildman–Crippen LogP) is 3.07. The highest BCUT2D eigenvalue weighted by Crippen LogP contribution is 2.24. The number of hydrogen-bond acceptors (Lipinski definition) is 4. The number of ether oxygens (including phenoxy) is 1. The second kappa shape index (κ2) is 5.73. The zero-order valence-electron chi connectivity index (χ0n) is 10.6. The van der Waals surface area contributed by atoms with Crippen LogP contribution in [-0.4, -0.2) is 17.0 Å². The normalized spacial score (nSPS) is 12.3. The standard InChI is InChI=1S/C12H13F2NO4/c1-6(2)7(3)19-12(16)10-8(13)4-5-9(11(10)14)15(17)18/h4-7H,1-3H3. The molecule has 0 heterocycles. The van der Waals surface area contributed by atoms with E-state index in [0.29, 0.717) is 12.1 Å². The summed E-state index contributed by atoms with van der Waals surface area (Å²) < 4.78 is 32.0. The van der Waals surface area contributed by atoms with Crippen molar-refractivity contribution in [1.29, 1.82) is 0 Å². The third kappa shape index (κ3) is 3.24. The monoisotopic (exact) mass is 273 g/mol. The van der Waals surface area contributed by atoms with Crippen LogP contribution < -0.4 is 0 Å². The molecule has 0 amide bonds. The largest absolute Gasteiger partial charge is 0.459 e. The minimum atomic E-state index is -1.52. The minimum Gasteiger partial charge on any atom is -0.459 e. The van der Waals surface area contributed by atoms with Crippen molar-refractivity contribution in [1.82, 2.24) is 0 Å². The summed E-state index contributed by atoms with van der Waals surface area (Å²) >= 11 is 0. The molecule has 1 aromatic carbocycles. The van der Waals surface area contributed by atoms with Crippen molar-refractivity contribution in [3.8, 4) is 0 Å². The molecule has 0 fully saturated rings. The Hall–Kier alpha value is -2.05. The van der Waals surface area contributed by atoms with Gasteiger partial charge in [-0.3, -0.25) is 10.1 Å². The van der Waals surface area contributed by atoms with Crippen LogP contribution in [0.2, 0.25) is 0 Å². The number of hydrogen-bond donors (Lipinski definition) is 0. The predicted molar refractivity (Wildman–Crippen MR) is 62.7 cm³/mol. The number of halogens is 2. The molecule has 0 saturated heterocycles. The molecule has 1 aromatic rings. The minimum absolute atomic E-state index is 0.0474. The molecule has 0 spiro atoms. The summed E-state index contributed by atoms with van der Waals surface area (Å²) in [6, 6.07) is 1.32. The number of rotatable bonds is 4. The van der Waals surface area contributed by atoms with Crippen molar-refractivity contribution in [2.45, 2.75) is 26.9 Å². The zero-order valence-corrected chi connectivity index (χ0v) is 10.6. The number of esters is 1. The second-order valence-corrected chi connectivity index (χ2v) is 4.37. The lowest BCUT2D eigenvalue weighted by molar-refractivity contribution is -0.387. The van der Waals surface area contributed by atoms with Crippen LogP contribution in [-0.2, 0) is 4.74 Å². The number of nitro benzene ring substituents is 1. The summed E-state index contributed by atoms with van der Waals surface area (Å²) in [6.45, 7) is 5.09. The summed E-state index contributed by atoms with van der Waals surface area (Å²) in [4.78, 5) is 21.2. The van der Waals surface area contributed by atoms with E-state index in [4.69, 9.17) is 4.74 Å². The van der Waals surface area contributed by atoms with E-state index in [2.05, 4.69) is 0 Å². The van der Waals surface area contributed by atoms with Crippen LogP contribution in [0.5, 0.6) is 0 Å². The van der Waals surface area contributed by atoms with Crippen LogP contribution in [0.1, 0.15) is 31.1 Å². The van der Waals surface area contributed by atoms with Crippen LogP contribution in [0.3, 0.4) is 0 Å². The molecule has 0 aliphatic rings. The molecule has 0 radical (unpaired) electrons. The first-order valence-electron chi connectivity index (χ1n) is 5.59. The number of nitro groups is 1. The highest BCUT2D eigenvalue weighted by molar-refractivity contribution is 5.91. The van der Waals surface area contributed by atoms with Gasteiger partial charge in [-0.2, -0.15) is 4.39 Å². The molecular weight excluding hydrogens is 260 g/mol. The lowest BCUT2D eigenvalue weighted by Gasteiger charge is -2.16. The maximum Gasteiger partial charge on any atom is 0.344 e. The quantitative estimate of drug-likeness (QED) is 0.480. The van der Waals surface area contributed by atoms with Gasteiger partial charge in [0, 0.05) is 6.07 Å². The van der Waals surface area contributed by atoms with Crippen molar-refractivity contribution in [3.63, 3.8) is 0 Å². The van der Waals surface area contributed by atoms with Crippen LogP contribution in [0, 0.1) is 27.7 Å². The van der Waals surface area contributed by atoms with E-state index in [1.165, 1.54) is 0 Å². The molecule has 0 aromatic heterocycles. The second-order valence-electron chi connectivity index (χ2n) is 4.37. The first kappa shape index (κ1) is 15.0. The number of benzene rings is 1. The van der Waals surface area contributed by atoms with Gasteiger partial charge in [-0.1, -0.05) is 13.8 Å². The van der Waals surface area contributed by atoms with Crippen LogP contribution >= 0.6 is 0 Å². The van der Waals surface area contributed by atoms with Crippen molar-refractivity contribution < 1.29 is 23.2 Å². The van der Waals surface area contributed by atoms with Crippen LogP contribution in [0.15, 0.2) is 12.1 Å². The fourth-order valence-corrected chi connectivity index (χ4v) is 1.23. The van der Waals surface area contributed by atoms with Gasteiger partial charge in [0.25, 0.3) is 0 Å². The van der Waals surface area contributed by atoms with Crippen molar-refractivity contribution >= 4 is 11.7 Å². The topological polar surface area (TPSA) is 69.4 Å². The van der Waals surface area contributed by atoms with Gasteiger partial charge >= 0.3 is 11.7 Å². The molecule has 0 N–H and O–H groups in total. The molecule has 0 bridgehead atoms. The maximum absolute atomic E-state index is 13.7. The number of nitrogens with zero attached hydrogens (tertiary/aromatic N) is 1. The first-order valence-corrected chi connectivity index (χ1v) is 5.59. The van der Waals surface area contributed by atoms with Gasteiger partial charge in [-0.15, -0.1) is 0 Å². The molecule has 1 unspecified atom stereocenters. The third-order valence-corrected chi connectivity index (χ3v) is 2.70. The Balaban J connectivity index is 3.16. The highest BCUT2D eigenvalue weighted by Gasteiger charge is 2.28. The van der Waals surface area contributed by atoms with E-state index < -0.39 is 39.9 Å². The Kier molecular flexibility index (Phi) is 4.52. The molecule has 5 nitrogen and oxygen atoms in total. The summed E-state index contributed by atoms with van der Waals surface area (Å²) in [5.41, 5.74) is -2.01. The van der Waals surface area contributed by atoms with E-state index in [1.54, 1.807) is 20.8 Å². The fourth-order valence-electron chi connectivity index (χ4n) is 1.23. The smallest absolute Gasteiger partial charge is 0.344 e. The van der Waals surface area contributed by atoms with Gasteiger partial charge < -0.3 is 4.74 Å². The van der Waals surface area contributed by atoms with Gasteiger partial charge in [-0.25, -0.2) is 9.18 Å². The van der Waals surface area contributed by atoms with E-state index in [0.717, 1.165) is 0 Å². The lowest BCUT2D eigenvalue weighted by atomic mass is 10.1. The molecule has 0 saturated carbocycles. The Morgan fingerprint density at radius 2 is 1.89 bits per heavy atom. The SMILES string of the molecule is CC(C)C(C)OC(=O)c1c(F)ccc([N+](=O)[O-])c1F. The van der Waals surface area contributed by atoms with Crippen LogP contribution in [0.4, 0.5) is 14.5 Å². The van der Waals surface area contributed by atoms with Crippen molar-refractivity contribution in [2.75, 3.05) is 0 Å². The Morgan fingerprint density at radius 3 is 2.37 bits per heavy atom. The van der Waals surface area contributed by atoms with Gasteiger partial charge in [0.15, 0.2) is 0 Å². The third-order valence-electron chi connectivity index (χ3n) is 2.70. The molecule has 19 heavy (non-hydrogen) atoms. The molecule has 0 aliphatic heterocycles. The summed E-state index contributed by atoms with van der Waals surface area (Å²) in [5.74, 6) is -4.01. The van der Waals surface area contributed by atoms with Gasteiger partial charge in [0.1, 0.15) is 17.5 Å². The molecule has 7 heteroatoms. The molecule has 1 rings (SSSR count). The fraction of sp³-hybridized carbons (Fsp3) is 0.417. The Labute approximate surface area is 108 Å². The Bertz CT molecular complexity index is 517. The highest BCUT2D eigenvalue weighted by atomic mass is 19.1. The summed E-state index contributed by atoms with van der Waals surface area (Å²) in [5, 5.41) is 10.5. The maximum atomic E-state index is 13.7. The average molecular weight is 273 g/mol.